The molecule has 2 rings (SSSR count). The van der Waals surface area contributed by atoms with Gasteiger partial charge in [0.25, 0.3) is 0 Å². The van der Waals surface area contributed by atoms with E-state index in [4.69, 9.17) is 0 Å². The number of piperazine rings is 1. The summed E-state index contributed by atoms with van der Waals surface area (Å²) in [5.74, 6) is 0. The molecule has 0 radical (unpaired) electrons. The van der Waals surface area contributed by atoms with E-state index in [0.717, 1.165) is 19.6 Å². The average Bonchev–Trinajstić information content (AvgIpc) is 2.79. The zero-order valence-corrected chi connectivity index (χ0v) is 11.4. The van der Waals surface area contributed by atoms with Crippen molar-refractivity contribution in [3.05, 3.63) is 12.2 Å². The van der Waals surface area contributed by atoms with Crippen molar-refractivity contribution in [2.75, 3.05) is 39.3 Å². The molecule has 1 N–H and O–H groups in total. The molecule has 2 aliphatic heterocycles. The molecule has 98 valence electrons. The number of likely N-dealkylation sites (tertiary alicyclic amines) is 1. The normalized spacial score (nSPS) is 28.5. The van der Waals surface area contributed by atoms with E-state index >= 15 is 0 Å². The van der Waals surface area contributed by atoms with Gasteiger partial charge >= 0.3 is 0 Å². The molecule has 0 aromatic heterocycles. The van der Waals surface area contributed by atoms with Crippen LogP contribution >= 0.6 is 0 Å². The van der Waals surface area contributed by atoms with Crippen LogP contribution in [0.5, 0.6) is 0 Å². The average molecular weight is 237 g/mol. The van der Waals surface area contributed by atoms with Gasteiger partial charge < -0.3 is 5.32 Å². The minimum Gasteiger partial charge on any atom is -0.314 e. The molecule has 0 aliphatic carbocycles. The Morgan fingerprint density at radius 3 is 2.71 bits per heavy atom. The summed E-state index contributed by atoms with van der Waals surface area (Å²) in [5, 5.41) is 3.39. The number of nitrogens with one attached hydrogen (secondary N) is 1. The minimum absolute atomic E-state index is 0.686. The summed E-state index contributed by atoms with van der Waals surface area (Å²) in [4.78, 5) is 5.15. The molecule has 3 nitrogen and oxygen atoms in total. The van der Waals surface area contributed by atoms with Crippen molar-refractivity contribution in [2.45, 2.75) is 38.8 Å². The van der Waals surface area contributed by atoms with Crippen LogP contribution in [-0.2, 0) is 0 Å². The molecular weight excluding hydrogens is 210 g/mol. The second-order valence-corrected chi connectivity index (χ2v) is 5.52. The Morgan fingerprint density at radius 1 is 1.24 bits per heavy atom. The zero-order valence-electron chi connectivity index (χ0n) is 11.4. The Kier molecular flexibility index (Phi) is 5.01. The number of hydrogen-bond acceptors (Lipinski definition) is 3. The zero-order chi connectivity index (χ0) is 12.1. The summed E-state index contributed by atoms with van der Waals surface area (Å²) in [6, 6.07) is 1.38. The first kappa shape index (κ1) is 13.1. The molecule has 0 bridgehead atoms. The summed E-state index contributed by atoms with van der Waals surface area (Å²) in [7, 11) is 0. The molecule has 2 aliphatic rings. The summed E-state index contributed by atoms with van der Waals surface area (Å²) in [6.07, 6.45) is 7.53. The quantitative estimate of drug-likeness (QED) is 0.744. The SMILES string of the molecule is CC(C)N1CCCC1/C=C\CN1CCNCC1. The van der Waals surface area contributed by atoms with Crippen LogP contribution in [0.15, 0.2) is 12.2 Å². The van der Waals surface area contributed by atoms with Crippen LogP contribution in [0.25, 0.3) is 0 Å². The van der Waals surface area contributed by atoms with Crippen LogP contribution in [0.1, 0.15) is 26.7 Å². The standard InChI is InChI=1S/C14H27N3/c1-13(2)17-10-4-6-14(17)5-3-9-16-11-7-15-8-12-16/h3,5,13-15H,4,6-12H2,1-2H3/b5-3-. The molecule has 17 heavy (non-hydrogen) atoms. The summed E-state index contributed by atoms with van der Waals surface area (Å²) >= 11 is 0. The van der Waals surface area contributed by atoms with E-state index < -0.39 is 0 Å². The molecule has 0 amide bonds. The summed E-state index contributed by atoms with van der Waals surface area (Å²) < 4.78 is 0. The third-order valence-electron chi connectivity index (χ3n) is 3.94. The van der Waals surface area contributed by atoms with E-state index in [0.29, 0.717) is 12.1 Å². The van der Waals surface area contributed by atoms with E-state index in [1.165, 1.54) is 32.5 Å². The van der Waals surface area contributed by atoms with Gasteiger partial charge in [0.05, 0.1) is 0 Å². The maximum Gasteiger partial charge on any atom is 0.0281 e. The van der Waals surface area contributed by atoms with Gasteiger partial charge in [-0.15, -0.1) is 0 Å². The fraction of sp³-hybridized carbons (Fsp3) is 0.857. The molecule has 0 saturated carbocycles. The Hall–Kier alpha value is -0.380. The van der Waals surface area contributed by atoms with Gasteiger partial charge in [-0.25, -0.2) is 0 Å². The maximum atomic E-state index is 3.39. The highest BCUT2D eigenvalue weighted by Gasteiger charge is 2.23. The number of nitrogens with zero attached hydrogens (tertiary/aromatic N) is 2. The first-order chi connectivity index (χ1) is 8.27. The molecule has 2 fully saturated rings. The van der Waals surface area contributed by atoms with Crippen molar-refractivity contribution in [2.24, 2.45) is 0 Å². The van der Waals surface area contributed by atoms with Gasteiger partial charge in [-0.3, -0.25) is 9.80 Å². The lowest BCUT2D eigenvalue weighted by molar-refractivity contribution is 0.232. The fourth-order valence-corrected chi connectivity index (χ4v) is 2.92. The first-order valence-electron chi connectivity index (χ1n) is 7.13. The van der Waals surface area contributed by atoms with Gasteiger partial charge in [0.15, 0.2) is 0 Å². The molecule has 0 spiro atoms. The molecule has 1 atom stereocenters. The number of hydrogen-bond donors (Lipinski definition) is 1. The van der Waals surface area contributed by atoms with Gasteiger partial charge in [-0.1, -0.05) is 12.2 Å². The lowest BCUT2D eigenvalue weighted by atomic mass is 10.2. The minimum atomic E-state index is 0.686. The third-order valence-corrected chi connectivity index (χ3v) is 3.94. The van der Waals surface area contributed by atoms with Crippen LogP contribution in [0.4, 0.5) is 0 Å². The highest BCUT2D eigenvalue weighted by Crippen LogP contribution is 2.20. The van der Waals surface area contributed by atoms with Crippen molar-refractivity contribution in [3.8, 4) is 0 Å². The van der Waals surface area contributed by atoms with Crippen molar-refractivity contribution in [3.63, 3.8) is 0 Å². The van der Waals surface area contributed by atoms with Crippen molar-refractivity contribution >= 4 is 0 Å². The Labute approximate surface area is 106 Å². The Bertz CT molecular complexity index is 244. The van der Waals surface area contributed by atoms with Gasteiger partial charge in [0.2, 0.25) is 0 Å². The van der Waals surface area contributed by atoms with Crippen LogP contribution in [0.2, 0.25) is 0 Å². The van der Waals surface area contributed by atoms with E-state index in [2.05, 4.69) is 41.1 Å². The predicted molar refractivity (Wildman–Crippen MR) is 73.3 cm³/mol. The van der Waals surface area contributed by atoms with E-state index in [-0.39, 0.29) is 0 Å². The molecule has 2 saturated heterocycles. The van der Waals surface area contributed by atoms with Crippen LogP contribution in [0.3, 0.4) is 0 Å². The lowest BCUT2D eigenvalue weighted by Gasteiger charge is -2.27. The topological polar surface area (TPSA) is 18.5 Å². The highest BCUT2D eigenvalue weighted by molar-refractivity contribution is 4.99. The smallest absolute Gasteiger partial charge is 0.0281 e. The van der Waals surface area contributed by atoms with E-state index in [1.54, 1.807) is 0 Å². The summed E-state index contributed by atoms with van der Waals surface area (Å²) in [5.41, 5.74) is 0. The van der Waals surface area contributed by atoms with Gasteiger partial charge in [-0.2, -0.15) is 0 Å². The summed E-state index contributed by atoms with van der Waals surface area (Å²) in [6.45, 7) is 11.7. The lowest BCUT2D eigenvalue weighted by Crippen LogP contribution is -2.43. The fourth-order valence-electron chi connectivity index (χ4n) is 2.92. The first-order valence-corrected chi connectivity index (χ1v) is 7.13. The predicted octanol–water partition coefficient (Wildman–Crippen LogP) is 1.32. The molecule has 0 aromatic rings. The van der Waals surface area contributed by atoms with Crippen molar-refractivity contribution in [1.82, 2.24) is 15.1 Å². The molecule has 3 heteroatoms. The van der Waals surface area contributed by atoms with E-state index in [9.17, 15) is 0 Å². The van der Waals surface area contributed by atoms with Crippen LogP contribution in [0, 0.1) is 0 Å². The van der Waals surface area contributed by atoms with Gasteiger partial charge in [0.1, 0.15) is 0 Å². The molecule has 2 heterocycles. The second-order valence-electron chi connectivity index (χ2n) is 5.52. The monoisotopic (exact) mass is 237 g/mol. The Morgan fingerprint density at radius 2 is 2.00 bits per heavy atom. The second kappa shape index (κ2) is 6.53. The maximum absolute atomic E-state index is 3.39. The van der Waals surface area contributed by atoms with Crippen LogP contribution < -0.4 is 5.32 Å². The molecule has 0 aromatic carbocycles. The third kappa shape index (κ3) is 3.80. The molecular formula is C14H27N3. The van der Waals surface area contributed by atoms with E-state index in [1.807, 2.05) is 0 Å². The van der Waals surface area contributed by atoms with Gasteiger partial charge in [-0.05, 0) is 33.2 Å². The van der Waals surface area contributed by atoms with Crippen molar-refractivity contribution < 1.29 is 0 Å². The Balaban J connectivity index is 1.75. The van der Waals surface area contributed by atoms with Crippen LogP contribution in [-0.4, -0.2) is 61.2 Å². The number of rotatable bonds is 4. The molecule has 1 unspecified atom stereocenters. The van der Waals surface area contributed by atoms with Crippen molar-refractivity contribution in [1.29, 1.82) is 0 Å². The largest absolute Gasteiger partial charge is 0.314 e. The van der Waals surface area contributed by atoms with Gasteiger partial charge in [0, 0.05) is 44.8 Å². The highest BCUT2D eigenvalue weighted by atomic mass is 15.2.